The molecule has 6 heteroatoms. The molecule has 2 aromatic rings. The predicted octanol–water partition coefficient (Wildman–Crippen LogP) is 3.68. The zero-order chi connectivity index (χ0) is 16.9. The number of hydrogen-bond donors (Lipinski definition) is 2. The number of piperidine rings is 1. The number of anilines is 1. The molecule has 25 heavy (non-hydrogen) atoms. The summed E-state index contributed by atoms with van der Waals surface area (Å²) in [5.41, 5.74) is 1.54. The van der Waals surface area contributed by atoms with Gasteiger partial charge in [0.05, 0.1) is 0 Å². The Hall–Kier alpha value is -2.24. The number of Topliss-reactive ketones (excluding diaryl/α,β-unsaturated/α-hetero) is 1. The van der Waals surface area contributed by atoms with Crippen molar-refractivity contribution in [2.75, 3.05) is 18.4 Å². The zero-order valence-corrected chi connectivity index (χ0v) is 14.4. The molecule has 0 spiro atoms. The monoisotopic (exact) mass is 362 g/mol. The van der Waals surface area contributed by atoms with E-state index in [1.807, 2.05) is 0 Å². The lowest BCUT2D eigenvalue weighted by Gasteiger charge is -2.21. The van der Waals surface area contributed by atoms with Crippen LogP contribution in [0.3, 0.4) is 0 Å². The highest BCUT2D eigenvalue weighted by Crippen LogP contribution is 2.20. The summed E-state index contributed by atoms with van der Waals surface area (Å²) in [5, 5.41) is 5.99. The largest absolute Gasteiger partial charge is 0.322 e. The fourth-order valence-electron chi connectivity index (χ4n) is 2.87. The first kappa shape index (κ1) is 19.1. The summed E-state index contributed by atoms with van der Waals surface area (Å²) in [6.07, 6.45) is 1.68. The van der Waals surface area contributed by atoms with E-state index in [-0.39, 0.29) is 35.8 Å². The average molecular weight is 363 g/mol. The maximum absolute atomic E-state index is 12.9. The summed E-state index contributed by atoms with van der Waals surface area (Å²) >= 11 is 0. The smallest absolute Gasteiger partial charge is 0.255 e. The molecule has 0 aromatic heterocycles. The topological polar surface area (TPSA) is 58.2 Å². The highest BCUT2D eigenvalue weighted by Gasteiger charge is 2.22. The lowest BCUT2D eigenvalue weighted by molar-refractivity contribution is 0.0894. The van der Waals surface area contributed by atoms with Crippen LogP contribution in [-0.2, 0) is 0 Å². The fourth-order valence-corrected chi connectivity index (χ4v) is 2.87. The first-order chi connectivity index (χ1) is 11.6. The molecule has 132 valence electrons. The van der Waals surface area contributed by atoms with Crippen LogP contribution in [0.5, 0.6) is 0 Å². The first-order valence-corrected chi connectivity index (χ1v) is 8.05. The van der Waals surface area contributed by atoms with Gasteiger partial charge >= 0.3 is 0 Å². The van der Waals surface area contributed by atoms with Crippen molar-refractivity contribution < 1.29 is 14.0 Å². The molecule has 1 saturated heterocycles. The molecule has 0 aliphatic carbocycles. The van der Waals surface area contributed by atoms with Crippen molar-refractivity contribution in [2.45, 2.75) is 12.8 Å². The van der Waals surface area contributed by atoms with Gasteiger partial charge in [-0.15, -0.1) is 12.4 Å². The molecular formula is C19H20ClFN2O2. The second kappa shape index (κ2) is 8.74. The second-order valence-electron chi connectivity index (χ2n) is 5.93. The van der Waals surface area contributed by atoms with Gasteiger partial charge in [-0.1, -0.05) is 12.1 Å². The van der Waals surface area contributed by atoms with Gasteiger partial charge in [0.1, 0.15) is 5.82 Å². The van der Waals surface area contributed by atoms with Gasteiger partial charge in [-0.2, -0.15) is 0 Å². The number of amides is 1. The van der Waals surface area contributed by atoms with Crippen molar-refractivity contribution in [3.63, 3.8) is 0 Å². The molecule has 3 rings (SSSR count). The van der Waals surface area contributed by atoms with Crippen molar-refractivity contribution in [3.8, 4) is 0 Å². The molecular weight excluding hydrogens is 343 g/mol. The van der Waals surface area contributed by atoms with Gasteiger partial charge in [0.2, 0.25) is 0 Å². The molecule has 1 aliphatic heterocycles. The molecule has 0 atom stereocenters. The van der Waals surface area contributed by atoms with E-state index in [1.54, 1.807) is 24.3 Å². The van der Waals surface area contributed by atoms with Gasteiger partial charge in [-0.3, -0.25) is 9.59 Å². The third-order valence-corrected chi connectivity index (χ3v) is 4.22. The summed E-state index contributed by atoms with van der Waals surface area (Å²) in [6.45, 7) is 1.72. The molecule has 1 aliphatic rings. The molecule has 0 bridgehead atoms. The van der Waals surface area contributed by atoms with E-state index in [1.165, 1.54) is 24.3 Å². The van der Waals surface area contributed by atoms with E-state index in [0.29, 0.717) is 16.8 Å². The van der Waals surface area contributed by atoms with Crippen molar-refractivity contribution in [1.29, 1.82) is 0 Å². The minimum Gasteiger partial charge on any atom is -0.322 e. The number of carbonyl (C=O) groups excluding carboxylic acids is 2. The van der Waals surface area contributed by atoms with Crippen LogP contribution >= 0.6 is 12.4 Å². The van der Waals surface area contributed by atoms with E-state index in [2.05, 4.69) is 10.6 Å². The van der Waals surface area contributed by atoms with E-state index in [0.717, 1.165) is 25.9 Å². The van der Waals surface area contributed by atoms with E-state index < -0.39 is 0 Å². The van der Waals surface area contributed by atoms with E-state index >= 15 is 0 Å². The molecule has 1 fully saturated rings. The molecule has 1 amide bonds. The van der Waals surface area contributed by atoms with E-state index in [4.69, 9.17) is 0 Å². The Morgan fingerprint density at radius 2 is 1.68 bits per heavy atom. The Labute approximate surface area is 152 Å². The maximum atomic E-state index is 12.9. The van der Waals surface area contributed by atoms with Crippen LogP contribution in [0.15, 0.2) is 48.5 Å². The van der Waals surface area contributed by atoms with Crippen LogP contribution in [0, 0.1) is 11.7 Å². The molecule has 0 saturated carbocycles. The molecule has 0 radical (unpaired) electrons. The lowest BCUT2D eigenvalue weighted by atomic mass is 9.89. The van der Waals surface area contributed by atoms with Crippen molar-refractivity contribution in [1.82, 2.24) is 5.32 Å². The van der Waals surface area contributed by atoms with Gasteiger partial charge in [0.15, 0.2) is 5.78 Å². The highest BCUT2D eigenvalue weighted by molar-refractivity contribution is 6.05. The van der Waals surface area contributed by atoms with Crippen LogP contribution in [0.1, 0.15) is 33.6 Å². The minimum atomic E-state index is -0.388. The van der Waals surface area contributed by atoms with Crippen molar-refractivity contribution in [3.05, 3.63) is 65.5 Å². The summed E-state index contributed by atoms with van der Waals surface area (Å²) in [7, 11) is 0. The second-order valence-corrected chi connectivity index (χ2v) is 5.93. The fraction of sp³-hybridized carbons (Fsp3) is 0.263. The number of halogens is 2. The Morgan fingerprint density at radius 1 is 1.00 bits per heavy atom. The van der Waals surface area contributed by atoms with Gasteiger partial charge in [-0.05, 0) is 62.3 Å². The summed E-state index contributed by atoms with van der Waals surface area (Å²) < 4.78 is 12.9. The molecule has 1 heterocycles. The number of nitrogens with one attached hydrogen (secondary N) is 2. The summed E-state index contributed by atoms with van der Waals surface area (Å²) in [4.78, 5) is 24.7. The van der Waals surface area contributed by atoms with Crippen LogP contribution < -0.4 is 10.6 Å². The Morgan fingerprint density at radius 3 is 2.36 bits per heavy atom. The Kier molecular flexibility index (Phi) is 6.67. The lowest BCUT2D eigenvalue weighted by Crippen LogP contribution is -2.31. The van der Waals surface area contributed by atoms with Crippen molar-refractivity contribution in [2.24, 2.45) is 5.92 Å². The van der Waals surface area contributed by atoms with Crippen LogP contribution in [-0.4, -0.2) is 24.8 Å². The first-order valence-electron chi connectivity index (χ1n) is 8.05. The molecule has 2 aromatic carbocycles. The predicted molar refractivity (Wildman–Crippen MR) is 98.0 cm³/mol. The summed E-state index contributed by atoms with van der Waals surface area (Å²) in [6, 6.07) is 12.3. The van der Waals surface area contributed by atoms with Crippen LogP contribution in [0.2, 0.25) is 0 Å². The normalized spacial score (nSPS) is 14.4. The SMILES string of the molecule is Cl.O=C(Nc1cccc(C(=O)C2CCNCC2)c1)c1ccc(F)cc1. The van der Waals surface area contributed by atoms with Crippen molar-refractivity contribution >= 4 is 29.8 Å². The third kappa shape index (κ3) is 4.87. The minimum absolute atomic E-state index is 0. The average Bonchev–Trinajstić information content (AvgIpc) is 2.62. The van der Waals surface area contributed by atoms with Gasteiger partial charge in [-0.25, -0.2) is 4.39 Å². The maximum Gasteiger partial charge on any atom is 0.255 e. The summed E-state index contributed by atoms with van der Waals surface area (Å²) in [5.74, 6) is -0.564. The van der Waals surface area contributed by atoms with Gasteiger partial charge in [0, 0.05) is 22.7 Å². The standard InChI is InChI=1S/C19H19FN2O2.ClH/c20-16-6-4-14(5-7-16)19(24)22-17-3-1-2-15(12-17)18(23)13-8-10-21-11-9-13;/h1-7,12-13,21H,8-11H2,(H,22,24);1H. The Balaban J connectivity index is 0.00000225. The van der Waals surface area contributed by atoms with Crippen LogP contribution in [0.4, 0.5) is 10.1 Å². The third-order valence-electron chi connectivity index (χ3n) is 4.22. The number of rotatable bonds is 4. The number of benzene rings is 2. The molecule has 2 N–H and O–H groups in total. The molecule has 4 nitrogen and oxygen atoms in total. The number of ketones is 1. The van der Waals surface area contributed by atoms with E-state index in [9.17, 15) is 14.0 Å². The highest BCUT2D eigenvalue weighted by atomic mass is 35.5. The quantitative estimate of drug-likeness (QED) is 0.816. The van der Waals surface area contributed by atoms with Gasteiger partial charge in [0.25, 0.3) is 5.91 Å². The number of hydrogen-bond acceptors (Lipinski definition) is 3. The number of carbonyl (C=O) groups is 2. The zero-order valence-electron chi connectivity index (χ0n) is 13.6. The Bertz CT molecular complexity index is 743. The van der Waals surface area contributed by atoms with Crippen LogP contribution in [0.25, 0.3) is 0 Å². The molecule has 0 unspecified atom stereocenters. The van der Waals surface area contributed by atoms with Gasteiger partial charge < -0.3 is 10.6 Å².